The van der Waals surface area contributed by atoms with Gasteiger partial charge in [-0.05, 0) is 32.4 Å². The number of nitrogens with one attached hydrogen (secondary N) is 1. The highest BCUT2D eigenvalue weighted by Gasteiger charge is 2.17. The number of hydrogen-bond donors (Lipinski definition) is 1. The molecule has 2 rings (SSSR count). The van der Waals surface area contributed by atoms with Crippen molar-refractivity contribution in [1.82, 2.24) is 4.98 Å². The van der Waals surface area contributed by atoms with Crippen LogP contribution in [-0.4, -0.2) is 9.91 Å². The molecule has 1 aromatic heterocycles. The van der Waals surface area contributed by atoms with Crippen molar-refractivity contribution >= 4 is 22.7 Å². The molecule has 1 atom stereocenters. The van der Waals surface area contributed by atoms with Crippen LogP contribution in [0.25, 0.3) is 0 Å². The monoisotopic (exact) mass is 277 g/mol. The second-order valence-corrected chi connectivity index (χ2v) is 5.36. The third-order valence-corrected chi connectivity index (χ3v) is 3.87. The van der Waals surface area contributed by atoms with E-state index in [4.69, 9.17) is 0 Å². The summed E-state index contributed by atoms with van der Waals surface area (Å²) in [5.74, 6) is 0. The van der Waals surface area contributed by atoms with Gasteiger partial charge in [-0.1, -0.05) is 6.07 Å². The van der Waals surface area contributed by atoms with Gasteiger partial charge in [0.1, 0.15) is 10.7 Å². The molecule has 1 N–H and O–H groups in total. The molecule has 0 bridgehead atoms. The van der Waals surface area contributed by atoms with Crippen LogP contribution in [0.1, 0.15) is 29.2 Å². The van der Waals surface area contributed by atoms with Gasteiger partial charge >= 0.3 is 0 Å². The number of aryl methyl sites for hydroxylation is 2. The summed E-state index contributed by atoms with van der Waals surface area (Å²) in [4.78, 5) is 15.1. The van der Waals surface area contributed by atoms with Crippen molar-refractivity contribution in [2.24, 2.45) is 0 Å². The first-order valence-electron chi connectivity index (χ1n) is 5.91. The summed E-state index contributed by atoms with van der Waals surface area (Å²) < 4.78 is 0. The normalized spacial score (nSPS) is 12.2. The number of thiazole rings is 1. The van der Waals surface area contributed by atoms with Crippen LogP contribution >= 0.6 is 11.3 Å². The number of benzene rings is 1. The number of rotatable bonds is 4. The molecular weight excluding hydrogens is 262 g/mol. The van der Waals surface area contributed by atoms with E-state index in [9.17, 15) is 10.1 Å². The molecule has 6 heteroatoms. The molecule has 0 saturated heterocycles. The number of nitro benzene ring substituents is 1. The van der Waals surface area contributed by atoms with E-state index in [0.717, 1.165) is 16.3 Å². The molecule has 0 fully saturated rings. The van der Waals surface area contributed by atoms with Gasteiger partial charge in [0.05, 0.1) is 11.0 Å². The first kappa shape index (κ1) is 13.5. The summed E-state index contributed by atoms with van der Waals surface area (Å²) in [5, 5.41) is 17.1. The lowest BCUT2D eigenvalue weighted by atomic mass is 10.2. The minimum absolute atomic E-state index is 0.0555. The second kappa shape index (κ2) is 5.36. The molecule has 5 nitrogen and oxygen atoms in total. The molecular formula is C13H15N3O2S. The van der Waals surface area contributed by atoms with Crippen LogP contribution in [0.3, 0.4) is 0 Å². The predicted molar refractivity (Wildman–Crippen MR) is 76.7 cm³/mol. The summed E-state index contributed by atoms with van der Waals surface area (Å²) in [5.41, 5.74) is 2.46. The van der Waals surface area contributed by atoms with Crippen molar-refractivity contribution in [2.75, 3.05) is 5.32 Å². The van der Waals surface area contributed by atoms with Crippen molar-refractivity contribution in [3.05, 3.63) is 50.0 Å². The predicted octanol–water partition coefficient (Wildman–Crippen LogP) is 3.84. The molecule has 0 spiro atoms. The van der Waals surface area contributed by atoms with Gasteiger partial charge in [-0.15, -0.1) is 11.3 Å². The Hall–Kier alpha value is -1.95. The van der Waals surface area contributed by atoms with E-state index in [1.165, 1.54) is 0 Å². The molecule has 1 heterocycles. The van der Waals surface area contributed by atoms with Crippen LogP contribution in [0.2, 0.25) is 0 Å². The average molecular weight is 277 g/mol. The van der Waals surface area contributed by atoms with Gasteiger partial charge < -0.3 is 5.32 Å². The molecule has 19 heavy (non-hydrogen) atoms. The zero-order valence-electron chi connectivity index (χ0n) is 11.0. The van der Waals surface area contributed by atoms with Gasteiger partial charge in [0.15, 0.2) is 0 Å². The molecule has 2 aromatic rings. The van der Waals surface area contributed by atoms with Crippen molar-refractivity contribution in [3.8, 4) is 0 Å². The zero-order valence-corrected chi connectivity index (χ0v) is 11.8. The van der Waals surface area contributed by atoms with E-state index >= 15 is 0 Å². The number of nitro groups is 1. The standard InChI is InChI=1S/C13H15N3O2S/c1-8-4-5-11(12(6-8)16(17)18)15-10(3)13-14-9(2)7-19-13/h4-7,10,15H,1-3H3. The van der Waals surface area contributed by atoms with Crippen molar-refractivity contribution < 1.29 is 4.92 Å². The first-order chi connectivity index (χ1) is 8.97. The molecule has 0 radical (unpaired) electrons. The minimum Gasteiger partial charge on any atom is -0.371 e. The molecule has 100 valence electrons. The van der Waals surface area contributed by atoms with E-state index in [1.807, 2.05) is 32.2 Å². The molecule has 0 aliphatic carbocycles. The van der Waals surface area contributed by atoms with Crippen molar-refractivity contribution in [3.63, 3.8) is 0 Å². The lowest BCUT2D eigenvalue weighted by molar-refractivity contribution is -0.384. The SMILES string of the molecule is Cc1ccc(NC(C)c2nc(C)cs2)c([N+](=O)[O-])c1. The highest BCUT2D eigenvalue weighted by Crippen LogP contribution is 2.29. The number of nitrogens with zero attached hydrogens (tertiary/aromatic N) is 2. The Morgan fingerprint density at radius 2 is 2.16 bits per heavy atom. The number of aromatic nitrogens is 1. The second-order valence-electron chi connectivity index (χ2n) is 4.47. The molecule has 1 unspecified atom stereocenters. The quantitative estimate of drug-likeness (QED) is 0.681. The van der Waals surface area contributed by atoms with E-state index in [-0.39, 0.29) is 16.7 Å². The van der Waals surface area contributed by atoms with Crippen LogP contribution in [0.5, 0.6) is 0 Å². The largest absolute Gasteiger partial charge is 0.371 e. The average Bonchev–Trinajstić information content (AvgIpc) is 2.78. The maximum atomic E-state index is 11.0. The summed E-state index contributed by atoms with van der Waals surface area (Å²) in [6, 6.07) is 5.11. The lowest BCUT2D eigenvalue weighted by Gasteiger charge is -2.13. The van der Waals surface area contributed by atoms with Gasteiger partial charge in [-0.3, -0.25) is 10.1 Å². The molecule has 0 amide bonds. The molecule has 1 aromatic carbocycles. The van der Waals surface area contributed by atoms with Gasteiger partial charge in [0, 0.05) is 17.1 Å². The number of anilines is 1. The summed E-state index contributed by atoms with van der Waals surface area (Å²) in [7, 11) is 0. The van der Waals surface area contributed by atoms with Gasteiger partial charge in [-0.25, -0.2) is 4.98 Å². The van der Waals surface area contributed by atoms with Gasteiger partial charge in [0.2, 0.25) is 0 Å². The Kier molecular flexibility index (Phi) is 3.80. The van der Waals surface area contributed by atoms with E-state index in [1.54, 1.807) is 23.5 Å². The summed E-state index contributed by atoms with van der Waals surface area (Å²) in [6.45, 7) is 5.72. The van der Waals surface area contributed by atoms with E-state index < -0.39 is 0 Å². The Balaban J connectivity index is 2.26. The fourth-order valence-corrected chi connectivity index (χ4v) is 2.58. The Morgan fingerprint density at radius 3 is 2.74 bits per heavy atom. The lowest BCUT2D eigenvalue weighted by Crippen LogP contribution is -2.08. The Bertz CT molecular complexity index is 610. The smallest absolute Gasteiger partial charge is 0.292 e. The van der Waals surface area contributed by atoms with Crippen LogP contribution in [0, 0.1) is 24.0 Å². The molecule has 0 aliphatic heterocycles. The van der Waals surface area contributed by atoms with Crippen molar-refractivity contribution in [2.45, 2.75) is 26.8 Å². The van der Waals surface area contributed by atoms with Crippen LogP contribution in [0.15, 0.2) is 23.6 Å². The highest BCUT2D eigenvalue weighted by molar-refractivity contribution is 7.09. The topological polar surface area (TPSA) is 68.1 Å². The summed E-state index contributed by atoms with van der Waals surface area (Å²) in [6.07, 6.45) is 0. The fraction of sp³-hybridized carbons (Fsp3) is 0.308. The highest BCUT2D eigenvalue weighted by atomic mass is 32.1. The Labute approximate surface area is 115 Å². The van der Waals surface area contributed by atoms with Gasteiger partial charge in [0.25, 0.3) is 5.69 Å². The fourth-order valence-electron chi connectivity index (χ4n) is 1.78. The number of hydrogen-bond acceptors (Lipinski definition) is 5. The maximum Gasteiger partial charge on any atom is 0.292 e. The Morgan fingerprint density at radius 1 is 1.42 bits per heavy atom. The van der Waals surface area contributed by atoms with Crippen molar-refractivity contribution in [1.29, 1.82) is 0 Å². The zero-order chi connectivity index (χ0) is 14.0. The third kappa shape index (κ3) is 3.08. The minimum atomic E-state index is -0.366. The first-order valence-corrected chi connectivity index (χ1v) is 6.79. The molecule has 0 aliphatic rings. The molecule has 0 saturated carbocycles. The summed E-state index contributed by atoms with van der Waals surface area (Å²) >= 11 is 1.55. The van der Waals surface area contributed by atoms with E-state index in [2.05, 4.69) is 10.3 Å². The van der Waals surface area contributed by atoms with Crippen LogP contribution < -0.4 is 5.32 Å². The van der Waals surface area contributed by atoms with E-state index in [0.29, 0.717) is 5.69 Å². The van der Waals surface area contributed by atoms with Gasteiger partial charge in [-0.2, -0.15) is 0 Å². The maximum absolute atomic E-state index is 11.0. The van der Waals surface area contributed by atoms with Crippen LogP contribution in [-0.2, 0) is 0 Å². The third-order valence-electron chi connectivity index (χ3n) is 2.73. The van der Waals surface area contributed by atoms with Crippen LogP contribution in [0.4, 0.5) is 11.4 Å².